The maximum atomic E-state index is 12.3. The van der Waals surface area contributed by atoms with Crippen molar-refractivity contribution in [3.05, 3.63) is 35.4 Å². The van der Waals surface area contributed by atoms with Crippen LogP contribution in [0.5, 0.6) is 0 Å². The van der Waals surface area contributed by atoms with Crippen molar-refractivity contribution < 1.29 is 31.1 Å². The molecule has 7 heteroatoms. The molecular weight excluding hydrogens is 250 g/mol. The van der Waals surface area contributed by atoms with Crippen LogP contribution in [0.1, 0.15) is 21.8 Å². The van der Waals surface area contributed by atoms with E-state index < -0.39 is 23.8 Å². The number of alkyl halides is 6. The summed E-state index contributed by atoms with van der Waals surface area (Å²) in [6.07, 6.45) is -10.7. The van der Waals surface area contributed by atoms with Gasteiger partial charge in [0.05, 0.1) is 0 Å². The summed E-state index contributed by atoms with van der Waals surface area (Å²) in [4.78, 5) is 10.3. The van der Waals surface area contributed by atoms with Gasteiger partial charge in [-0.05, 0) is 11.6 Å². The van der Waals surface area contributed by atoms with E-state index in [2.05, 4.69) is 0 Å². The van der Waals surface area contributed by atoms with Crippen LogP contribution in [0.25, 0.3) is 0 Å². The quantitative estimate of drug-likeness (QED) is 0.582. The average Bonchev–Trinajstić information content (AvgIpc) is 2.13. The van der Waals surface area contributed by atoms with Crippen molar-refractivity contribution in [2.75, 3.05) is 0 Å². The molecule has 0 amide bonds. The lowest BCUT2D eigenvalue weighted by molar-refractivity contribution is -0.253. The molecule has 0 saturated carbocycles. The van der Waals surface area contributed by atoms with Gasteiger partial charge in [0, 0.05) is 5.56 Å². The fraction of sp³-hybridized carbons (Fsp3) is 0.300. The van der Waals surface area contributed by atoms with Crippen molar-refractivity contribution in [1.82, 2.24) is 0 Å². The predicted molar refractivity (Wildman–Crippen MR) is 46.7 cm³/mol. The van der Waals surface area contributed by atoms with Gasteiger partial charge in [-0.1, -0.05) is 18.2 Å². The van der Waals surface area contributed by atoms with Gasteiger partial charge in [0.2, 0.25) is 0 Å². The first-order valence-corrected chi connectivity index (χ1v) is 4.35. The Morgan fingerprint density at radius 1 is 1.00 bits per heavy atom. The molecule has 94 valence electrons. The third kappa shape index (κ3) is 3.21. The van der Waals surface area contributed by atoms with E-state index in [1.54, 1.807) is 0 Å². The molecule has 0 unspecified atom stereocenters. The van der Waals surface area contributed by atoms with Crippen LogP contribution >= 0.6 is 0 Å². The molecule has 1 aromatic carbocycles. The van der Waals surface area contributed by atoms with Crippen molar-refractivity contribution in [2.24, 2.45) is 0 Å². The van der Waals surface area contributed by atoms with Gasteiger partial charge in [0.25, 0.3) is 0 Å². The largest absolute Gasteiger partial charge is 0.404 e. The maximum Gasteiger partial charge on any atom is 0.404 e. The van der Waals surface area contributed by atoms with Crippen LogP contribution < -0.4 is 0 Å². The lowest BCUT2D eigenvalue weighted by Gasteiger charge is -2.23. The molecule has 0 aliphatic heterocycles. The van der Waals surface area contributed by atoms with Crippen LogP contribution in [-0.2, 0) is 0 Å². The number of hydrogen-bond acceptors (Lipinski definition) is 1. The standard InChI is InChI=1S/C10H6F6O/c11-9(12,13)8(10(14,15)16)7-3-1-2-6(4-7)5-17/h1-5,8H. The predicted octanol–water partition coefficient (Wildman–Crippen LogP) is 3.71. The van der Waals surface area contributed by atoms with E-state index in [1.165, 1.54) is 0 Å². The fourth-order valence-corrected chi connectivity index (χ4v) is 1.38. The number of halogens is 6. The zero-order chi connectivity index (χ0) is 13.3. The van der Waals surface area contributed by atoms with Crippen molar-refractivity contribution in [3.63, 3.8) is 0 Å². The number of aldehydes is 1. The van der Waals surface area contributed by atoms with E-state index in [0.29, 0.717) is 12.1 Å². The third-order valence-electron chi connectivity index (χ3n) is 2.03. The molecule has 0 atom stereocenters. The Balaban J connectivity index is 3.27. The Kier molecular flexibility index (Phi) is 3.49. The molecule has 1 nitrogen and oxygen atoms in total. The van der Waals surface area contributed by atoms with Gasteiger partial charge < -0.3 is 0 Å². The van der Waals surface area contributed by atoms with E-state index in [1.807, 2.05) is 0 Å². The molecule has 17 heavy (non-hydrogen) atoms. The fourth-order valence-electron chi connectivity index (χ4n) is 1.38. The summed E-state index contributed by atoms with van der Waals surface area (Å²) < 4.78 is 74.0. The lowest BCUT2D eigenvalue weighted by atomic mass is 9.96. The summed E-state index contributed by atoms with van der Waals surface area (Å²) >= 11 is 0. The van der Waals surface area contributed by atoms with Crippen LogP contribution in [0, 0.1) is 0 Å². The number of hydrogen-bond donors (Lipinski definition) is 0. The molecule has 0 spiro atoms. The van der Waals surface area contributed by atoms with Crippen LogP contribution in [-0.4, -0.2) is 18.6 Å². The Morgan fingerprint density at radius 2 is 1.53 bits per heavy atom. The molecule has 0 N–H and O–H groups in total. The Morgan fingerprint density at radius 3 is 1.94 bits per heavy atom. The van der Waals surface area contributed by atoms with Gasteiger partial charge in [-0.25, -0.2) is 0 Å². The van der Waals surface area contributed by atoms with Gasteiger partial charge in [-0.2, -0.15) is 26.3 Å². The van der Waals surface area contributed by atoms with E-state index in [4.69, 9.17) is 0 Å². The molecule has 0 bridgehead atoms. The van der Waals surface area contributed by atoms with Gasteiger partial charge in [-0.15, -0.1) is 0 Å². The van der Waals surface area contributed by atoms with E-state index in [-0.39, 0.29) is 11.8 Å². The Labute approximate surface area is 92.0 Å². The number of carbonyl (C=O) groups is 1. The second kappa shape index (κ2) is 4.38. The summed E-state index contributed by atoms with van der Waals surface area (Å²) in [6.45, 7) is 0. The van der Waals surface area contributed by atoms with Gasteiger partial charge in [-0.3, -0.25) is 4.79 Å². The normalized spacial score (nSPS) is 12.9. The van der Waals surface area contributed by atoms with Gasteiger partial charge in [0.15, 0.2) is 5.92 Å². The summed E-state index contributed by atoms with van der Waals surface area (Å²) in [7, 11) is 0. The van der Waals surface area contributed by atoms with Gasteiger partial charge >= 0.3 is 12.4 Å². The van der Waals surface area contributed by atoms with E-state index in [9.17, 15) is 31.1 Å². The number of carbonyl (C=O) groups excluding carboxylic acids is 1. The summed E-state index contributed by atoms with van der Waals surface area (Å²) in [5.74, 6) is -3.57. The third-order valence-corrected chi connectivity index (χ3v) is 2.03. The zero-order valence-electron chi connectivity index (χ0n) is 8.14. The summed E-state index contributed by atoms with van der Waals surface area (Å²) in [6, 6.07) is 3.38. The van der Waals surface area contributed by atoms with Crippen LogP contribution in [0.15, 0.2) is 24.3 Å². The summed E-state index contributed by atoms with van der Waals surface area (Å²) in [5.41, 5.74) is -1.23. The minimum Gasteiger partial charge on any atom is -0.298 e. The van der Waals surface area contributed by atoms with Crippen LogP contribution in [0.3, 0.4) is 0 Å². The smallest absolute Gasteiger partial charge is 0.298 e. The topological polar surface area (TPSA) is 17.1 Å². The molecule has 0 radical (unpaired) electrons. The highest BCUT2D eigenvalue weighted by Crippen LogP contribution is 2.46. The monoisotopic (exact) mass is 256 g/mol. The second-order valence-corrected chi connectivity index (χ2v) is 3.30. The van der Waals surface area contributed by atoms with Crippen molar-refractivity contribution in [2.45, 2.75) is 18.3 Å². The highest BCUT2D eigenvalue weighted by Gasteiger charge is 2.57. The molecule has 0 aliphatic carbocycles. The molecule has 0 saturated heterocycles. The first kappa shape index (κ1) is 13.5. The molecule has 0 heterocycles. The molecule has 0 aliphatic rings. The van der Waals surface area contributed by atoms with Gasteiger partial charge in [0.1, 0.15) is 6.29 Å². The highest BCUT2D eigenvalue weighted by molar-refractivity contribution is 5.75. The number of rotatable bonds is 2. The number of benzene rings is 1. The van der Waals surface area contributed by atoms with Crippen LogP contribution in [0.4, 0.5) is 26.3 Å². The zero-order valence-corrected chi connectivity index (χ0v) is 8.14. The first-order chi connectivity index (χ1) is 7.66. The SMILES string of the molecule is O=Cc1cccc(C(C(F)(F)F)C(F)(F)F)c1. The van der Waals surface area contributed by atoms with E-state index >= 15 is 0 Å². The molecule has 0 aromatic heterocycles. The van der Waals surface area contributed by atoms with Crippen molar-refractivity contribution >= 4 is 6.29 Å². The molecular formula is C10H6F6O. The Bertz CT molecular complexity index is 392. The maximum absolute atomic E-state index is 12.3. The summed E-state index contributed by atoms with van der Waals surface area (Å²) in [5, 5.41) is 0. The molecule has 0 fully saturated rings. The minimum absolute atomic E-state index is 0.188. The average molecular weight is 256 g/mol. The highest BCUT2D eigenvalue weighted by atomic mass is 19.4. The van der Waals surface area contributed by atoms with Crippen LogP contribution in [0.2, 0.25) is 0 Å². The lowest BCUT2D eigenvalue weighted by Crippen LogP contribution is -2.34. The molecule has 1 aromatic rings. The Hall–Kier alpha value is -1.53. The minimum atomic E-state index is -5.44. The van der Waals surface area contributed by atoms with Crippen molar-refractivity contribution in [1.29, 1.82) is 0 Å². The van der Waals surface area contributed by atoms with E-state index in [0.717, 1.165) is 12.1 Å². The van der Waals surface area contributed by atoms with Crippen molar-refractivity contribution in [3.8, 4) is 0 Å². The molecule has 1 rings (SSSR count). The second-order valence-electron chi connectivity index (χ2n) is 3.30. The first-order valence-electron chi connectivity index (χ1n) is 4.35.